The number of rotatable bonds is 2. The molecule has 24 heavy (non-hydrogen) atoms. The van der Waals surface area contributed by atoms with Crippen LogP contribution in [0.25, 0.3) is 0 Å². The highest BCUT2D eigenvalue weighted by Gasteiger charge is 2.37. The highest BCUT2D eigenvalue weighted by molar-refractivity contribution is 5.32. The minimum atomic E-state index is 0.122. The van der Waals surface area contributed by atoms with Crippen molar-refractivity contribution >= 4 is 0 Å². The predicted octanol–water partition coefficient (Wildman–Crippen LogP) is 5.87. The van der Waals surface area contributed by atoms with E-state index in [1.54, 1.807) is 0 Å². The third-order valence-electron chi connectivity index (χ3n) is 6.80. The molecule has 0 fully saturated rings. The average Bonchev–Trinajstić information content (AvgIpc) is 2.51. The SMILES string of the molecule is CC1C=CC(C)(C2=C(N)CCC(C3=C(O)CC(C)CC3C)C2)CC1. The summed E-state index contributed by atoms with van der Waals surface area (Å²) in [4.78, 5) is 0. The van der Waals surface area contributed by atoms with Crippen LogP contribution in [-0.4, -0.2) is 5.11 Å². The van der Waals surface area contributed by atoms with E-state index in [1.165, 1.54) is 30.4 Å². The Hall–Kier alpha value is -1.18. The Kier molecular flexibility index (Phi) is 4.86. The minimum absolute atomic E-state index is 0.122. The van der Waals surface area contributed by atoms with Gasteiger partial charge in [-0.1, -0.05) is 39.8 Å². The van der Waals surface area contributed by atoms with Gasteiger partial charge in [-0.2, -0.15) is 0 Å². The maximum Gasteiger partial charge on any atom is 0.0922 e. The van der Waals surface area contributed by atoms with E-state index in [4.69, 9.17) is 5.73 Å². The zero-order valence-corrected chi connectivity index (χ0v) is 15.9. The van der Waals surface area contributed by atoms with E-state index in [2.05, 4.69) is 39.8 Å². The van der Waals surface area contributed by atoms with Gasteiger partial charge in [0, 0.05) is 17.5 Å². The fourth-order valence-corrected chi connectivity index (χ4v) is 5.34. The molecule has 2 heteroatoms. The van der Waals surface area contributed by atoms with Gasteiger partial charge < -0.3 is 10.8 Å². The molecule has 0 heterocycles. The summed E-state index contributed by atoms with van der Waals surface area (Å²) in [6, 6.07) is 0. The van der Waals surface area contributed by atoms with E-state index in [1.807, 2.05) is 0 Å². The Labute approximate surface area is 147 Å². The van der Waals surface area contributed by atoms with Gasteiger partial charge in [-0.05, 0) is 73.3 Å². The van der Waals surface area contributed by atoms with Crippen molar-refractivity contribution in [1.82, 2.24) is 0 Å². The molecule has 0 aromatic heterocycles. The summed E-state index contributed by atoms with van der Waals surface area (Å²) in [5.74, 6) is 2.97. The summed E-state index contributed by atoms with van der Waals surface area (Å²) in [5, 5.41) is 10.6. The normalized spacial score (nSPS) is 41.0. The second-order valence-electron chi connectivity index (χ2n) is 9.08. The van der Waals surface area contributed by atoms with E-state index < -0.39 is 0 Å². The molecule has 3 aliphatic rings. The molecule has 3 rings (SSSR count). The fourth-order valence-electron chi connectivity index (χ4n) is 5.34. The number of hydrogen-bond donors (Lipinski definition) is 2. The number of aliphatic hydroxyl groups excluding tert-OH is 1. The van der Waals surface area contributed by atoms with Crippen LogP contribution in [0, 0.1) is 29.1 Å². The van der Waals surface area contributed by atoms with Gasteiger partial charge in [-0.25, -0.2) is 0 Å². The van der Waals surface area contributed by atoms with E-state index in [-0.39, 0.29) is 5.41 Å². The van der Waals surface area contributed by atoms with Crippen LogP contribution < -0.4 is 5.73 Å². The van der Waals surface area contributed by atoms with Crippen LogP contribution in [0.3, 0.4) is 0 Å². The van der Waals surface area contributed by atoms with Gasteiger partial charge in [0.05, 0.1) is 5.76 Å². The third-order valence-corrected chi connectivity index (χ3v) is 6.80. The lowest BCUT2D eigenvalue weighted by Gasteiger charge is -2.41. The van der Waals surface area contributed by atoms with E-state index in [9.17, 15) is 5.11 Å². The molecule has 3 N–H and O–H groups in total. The second kappa shape index (κ2) is 6.61. The summed E-state index contributed by atoms with van der Waals surface area (Å²) in [6.45, 7) is 9.21. The van der Waals surface area contributed by atoms with Crippen molar-refractivity contribution in [1.29, 1.82) is 0 Å². The van der Waals surface area contributed by atoms with Crippen LogP contribution in [0.4, 0.5) is 0 Å². The van der Waals surface area contributed by atoms with Crippen LogP contribution in [0.5, 0.6) is 0 Å². The van der Waals surface area contributed by atoms with E-state index in [0.29, 0.717) is 29.4 Å². The first-order chi connectivity index (χ1) is 11.3. The van der Waals surface area contributed by atoms with Crippen LogP contribution in [0.2, 0.25) is 0 Å². The standard InChI is InChI=1S/C22H35NO/c1-14-7-9-22(4,10-8-14)18-13-17(5-6-19(18)23)21-16(3)11-15(2)12-20(21)24/h7,9,14-17,24H,5-6,8,10-13,23H2,1-4H3. The number of allylic oxidation sites excluding steroid dienone is 6. The second-order valence-corrected chi connectivity index (χ2v) is 9.08. The molecule has 0 bridgehead atoms. The summed E-state index contributed by atoms with van der Waals surface area (Å²) in [6.07, 6.45) is 12.4. The monoisotopic (exact) mass is 329 g/mol. The van der Waals surface area contributed by atoms with Gasteiger partial charge in [0.15, 0.2) is 0 Å². The van der Waals surface area contributed by atoms with Gasteiger partial charge >= 0.3 is 0 Å². The first kappa shape index (κ1) is 17.6. The maximum absolute atomic E-state index is 10.6. The third kappa shape index (κ3) is 3.30. The summed E-state index contributed by atoms with van der Waals surface area (Å²) >= 11 is 0. The first-order valence-corrected chi connectivity index (χ1v) is 9.89. The Morgan fingerprint density at radius 3 is 2.54 bits per heavy atom. The molecule has 134 valence electrons. The van der Waals surface area contributed by atoms with Crippen LogP contribution in [0.15, 0.2) is 34.8 Å². The average molecular weight is 330 g/mol. The molecule has 5 unspecified atom stereocenters. The van der Waals surface area contributed by atoms with Crippen LogP contribution in [-0.2, 0) is 0 Å². The molecule has 0 saturated heterocycles. The van der Waals surface area contributed by atoms with Crippen molar-refractivity contribution in [3.8, 4) is 0 Å². The molecule has 5 atom stereocenters. The number of hydrogen-bond acceptors (Lipinski definition) is 2. The quantitative estimate of drug-likeness (QED) is 0.622. The van der Waals surface area contributed by atoms with Crippen LogP contribution in [0.1, 0.15) is 72.6 Å². The molecule has 0 spiro atoms. The molecule has 0 radical (unpaired) electrons. The van der Waals surface area contributed by atoms with Gasteiger partial charge in [0.1, 0.15) is 0 Å². The van der Waals surface area contributed by atoms with Crippen molar-refractivity contribution in [3.63, 3.8) is 0 Å². The Balaban J connectivity index is 1.86. The number of nitrogens with two attached hydrogens (primary N) is 1. The van der Waals surface area contributed by atoms with E-state index in [0.717, 1.165) is 31.4 Å². The topological polar surface area (TPSA) is 46.2 Å². The van der Waals surface area contributed by atoms with Gasteiger partial charge in [0.2, 0.25) is 0 Å². The highest BCUT2D eigenvalue weighted by Crippen LogP contribution is 2.49. The van der Waals surface area contributed by atoms with Crippen molar-refractivity contribution in [2.75, 3.05) is 0 Å². The zero-order valence-electron chi connectivity index (χ0n) is 15.9. The molecule has 0 saturated carbocycles. The fraction of sp³-hybridized carbons (Fsp3) is 0.727. The van der Waals surface area contributed by atoms with Gasteiger partial charge in [-0.15, -0.1) is 0 Å². The summed E-state index contributed by atoms with van der Waals surface area (Å²) < 4.78 is 0. The van der Waals surface area contributed by atoms with Gasteiger partial charge in [-0.3, -0.25) is 0 Å². The number of aliphatic hydroxyl groups is 1. The molecule has 0 aliphatic heterocycles. The largest absolute Gasteiger partial charge is 0.512 e. The Morgan fingerprint density at radius 2 is 1.92 bits per heavy atom. The molecule has 0 aromatic carbocycles. The van der Waals surface area contributed by atoms with E-state index >= 15 is 0 Å². The van der Waals surface area contributed by atoms with Crippen molar-refractivity contribution in [2.24, 2.45) is 34.8 Å². The van der Waals surface area contributed by atoms with Gasteiger partial charge in [0.25, 0.3) is 0 Å². The predicted molar refractivity (Wildman–Crippen MR) is 101 cm³/mol. The summed E-state index contributed by atoms with van der Waals surface area (Å²) in [7, 11) is 0. The minimum Gasteiger partial charge on any atom is -0.512 e. The molecule has 3 aliphatic carbocycles. The molecule has 2 nitrogen and oxygen atoms in total. The van der Waals surface area contributed by atoms with Crippen molar-refractivity contribution < 1.29 is 5.11 Å². The molecule has 0 amide bonds. The lowest BCUT2D eigenvalue weighted by atomic mass is 9.64. The lowest BCUT2D eigenvalue weighted by Crippen LogP contribution is -2.31. The van der Waals surface area contributed by atoms with Crippen molar-refractivity contribution in [2.45, 2.75) is 72.6 Å². The summed E-state index contributed by atoms with van der Waals surface area (Å²) in [5.41, 5.74) is 10.5. The molecule has 0 aromatic rings. The molecular formula is C22H35NO. The zero-order chi connectivity index (χ0) is 17.5. The van der Waals surface area contributed by atoms with Crippen LogP contribution >= 0.6 is 0 Å². The lowest BCUT2D eigenvalue weighted by molar-refractivity contribution is 0.262. The first-order valence-electron chi connectivity index (χ1n) is 9.89. The smallest absolute Gasteiger partial charge is 0.0922 e. The van der Waals surface area contributed by atoms with Crippen molar-refractivity contribution in [3.05, 3.63) is 34.8 Å². The Bertz CT molecular complexity index is 585. The Morgan fingerprint density at radius 1 is 1.17 bits per heavy atom. The molecular weight excluding hydrogens is 294 g/mol. The maximum atomic E-state index is 10.6. The highest BCUT2D eigenvalue weighted by atomic mass is 16.3.